The molecule has 3 rings (SSSR count). The van der Waals surface area contributed by atoms with E-state index in [1.54, 1.807) is 4.90 Å². The van der Waals surface area contributed by atoms with Crippen molar-refractivity contribution in [1.82, 2.24) is 10.2 Å². The average molecular weight is 344 g/mol. The van der Waals surface area contributed by atoms with E-state index >= 15 is 0 Å². The molecule has 2 atom stereocenters. The molecule has 2 saturated carbocycles. The van der Waals surface area contributed by atoms with Crippen molar-refractivity contribution in [3.63, 3.8) is 0 Å². The summed E-state index contributed by atoms with van der Waals surface area (Å²) < 4.78 is 0. The van der Waals surface area contributed by atoms with Crippen molar-refractivity contribution < 1.29 is 9.59 Å². The number of carbonyl (C=O) groups excluding carboxylic acids is 2. The van der Waals surface area contributed by atoms with Gasteiger partial charge in [0.05, 0.1) is 6.54 Å². The van der Waals surface area contributed by atoms with Crippen molar-refractivity contribution in [3.8, 4) is 0 Å². The van der Waals surface area contributed by atoms with Gasteiger partial charge in [-0.15, -0.1) is 12.4 Å². The number of hydrogen-bond acceptors (Lipinski definition) is 3. The smallest absolute Gasteiger partial charge is 0.239 e. The molecule has 3 fully saturated rings. The van der Waals surface area contributed by atoms with Crippen LogP contribution in [-0.4, -0.2) is 41.9 Å². The molecule has 1 heterocycles. The van der Waals surface area contributed by atoms with Gasteiger partial charge in [0.1, 0.15) is 0 Å². The van der Waals surface area contributed by atoms with Gasteiger partial charge in [-0.2, -0.15) is 0 Å². The highest BCUT2D eigenvalue weighted by Crippen LogP contribution is 2.39. The number of nitrogens with zero attached hydrogens (tertiary/aromatic N) is 1. The molecule has 0 aromatic rings. The predicted octanol–water partition coefficient (Wildman–Crippen LogP) is 1.83. The number of nitrogens with one attached hydrogen (secondary N) is 1. The molecule has 3 N–H and O–H groups in total. The normalized spacial score (nSPS) is 34.3. The summed E-state index contributed by atoms with van der Waals surface area (Å²) in [6.45, 7) is 0.968. The van der Waals surface area contributed by atoms with E-state index in [9.17, 15) is 9.59 Å². The first-order chi connectivity index (χ1) is 10.6. The predicted molar refractivity (Wildman–Crippen MR) is 92.3 cm³/mol. The van der Waals surface area contributed by atoms with Gasteiger partial charge >= 0.3 is 0 Å². The lowest BCUT2D eigenvalue weighted by Crippen LogP contribution is -2.55. The van der Waals surface area contributed by atoms with Crippen LogP contribution in [0.3, 0.4) is 0 Å². The molecule has 0 aromatic heterocycles. The van der Waals surface area contributed by atoms with Crippen LogP contribution in [0.1, 0.15) is 57.8 Å². The Balaban J connectivity index is 0.00000192. The number of likely N-dealkylation sites (tertiary alicyclic amines) is 1. The third-order valence-corrected chi connectivity index (χ3v) is 5.71. The second-order valence-corrected chi connectivity index (χ2v) is 7.40. The number of amides is 2. The van der Waals surface area contributed by atoms with Crippen LogP contribution in [0.15, 0.2) is 0 Å². The Kier molecular flexibility index (Phi) is 6.72. The highest BCUT2D eigenvalue weighted by Gasteiger charge is 2.40. The van der Waals surface area contributed by atoms with Crippen LogP contribution >= 0.6 is 12.4 Å². The number of halogens is 1. The molecular formula is C17H30ClN3O2. The first kappa shape index (κ1) is 18.5. The van der Waals surface area contributed by atoms with Crippen LogP contribution in [0.25, 0.3) is 0 Å². The zero-order valence-corrected chi connectivity index (χ0v) is 14.7. The number of fused-ring (bicyclic) bond motifs is 2. The van der Waals surface area contributed by atoms with Crippen LogP contribution in [0, 0.1) is 11.8 Å². The lowest BCUT2D eigenvalue weighted by Gasteiger charge is -2.45. The number of carbonyl (C=O) groups is 2. The van der Waals surface area contributed by atoms with Crippen molar-refractivity contribution in [2.75, 3.05) is 13.1 Å². The highest BCUT2D eigenvalue weighted by molar-refractivity contribution is 5.85. The van der Waals surface area contributed by atoms with E-state index in [4.69, 9.17) is 5.73 Å². The van der Waals surface area contributed by atoms with Gasteiger partial charge in [-0.3, -0.25) is 9.59 Å². The maximum Gasteiger partial charge on any atom is 0.239 e. The molecule has 0 spiro atoms. The Morgan fingerprint density at radius 2 is 1.83 bits per heavy atom. The lowest BCUT2D eigenvalue weighted by molar-refractivity contribution is -0.136. The molecule has 0 radical (unpaired) electrons. The quantitative estimate of drug-likeness (QED) is 0.821. The molecule has 3 aliphatic rings. The average Bonchev–Trinajstić information content (AvgIpc) is 2.65. The standard InChI is InChI=1S/C17H29N3O2.ClH/c18-14-9-12-5-4-6-13(10-14)17(12)19-15(21)11-20-8-3-1-2-7-16(20)22;/h12-14,17H,1-11,18H2,(H,19,21);1H. The summed E-state index contributed by atoms with van der Waals surface area (Å²) in [7, 11) is 0. The van der Waals surface area contributed by atoms with Gasteiger partial charge in [0.2, 0.25) is 11.8 Å². The van der Waals surface area contributed by atoms with Crippen molar-refractivity contribution in [2.24, 2.45) is 17.6 Å². The number of hydrogen-bond donors (Lipinski definition) is 2. The summed E-state index contributed by atoms with van der Waals surface area (Å²) in [5.74, 6) is 1.23. The van der Waals surface area contributed by atoms with E-state index in [1.165, 1.54) is 19.3 Å². The molecule has 0 aromatic carbocycles. The Labute approximate surface area is 145 Å². The third-order valence-electron chi connectivity index (χ3n) is 5.71. The number of rotatable bonds is 3. The van der Waals surface area contributed by atoms with E-state index in [2.05, 4.69) is 5.32 Å². The Hall–Kier alpha value is -0.810. The SMILES string of the molecule is Cl.NC1CC2CCCC(C1)C2NC(=O)CN1CCCCCC1=O. The molecule has 1 aliphatic heterocycles. The summed E-state index contributed by atoms with van der Waals surface area (Å²) in [5, 5.41) is 3.24. The zero-order valence-electron chi connectivity index (χ0n) is 13.8. The Morgan fingerprint density at radius 1 is 1.13 bits per heavy atom. The Morgan fingerprint density at radius 3 is 2.52 bits per heavy atom. The summed E-state index contributed by atoms with van der Waals surface area (Å²) in [4.78, 5) is 26.2. The van der Waals surface area contributed by atoms with Crippen molar-refractivity contribution in [3.05, 3.63) is 0 Å². The second kappa shape index (κ2) is 8.34. The van der Waals surface area contributed by atoms with Crippen LogP contribution < -0.4 is 11.1 Å². The molecule has 5 nitrogen and oxygen atoms in total. The van der Waals surface area contributed by atoms with Gasteiger partial charge in [-0.1, -0.05) is 12.8 Å². The van der Waals surface area contributed by atoms with Crippen molar-refractivity contribution in [2.45, 2.75) is 69.9 Å². The summed E-state index contributed by atoms with van der Waals surface area (Å²) in [6, 6.07) is 0.582. The van der Waals surface area contributed by atoms with Crippen molar-refractivity contribution in [1.29, 1.82) is 0 Å². The molecule has 1 saturated heterocycles. The first-order valence-corrected chi connectivity index (χ1v) is 8.96. The highest BCUT2D eigenvalue weighted by atomic mass is 35.5. The van der Waals surface area contributed by atoms with Gasteiger partial charge in [0.25, 0.3) is 0 Å². The molecule has 2 bridgehead atoms. The summed E-state index contributed by atoms with van der Waals surface area (Å²) >= 11 is 0. The molecule has 6 heteroatoms. The molecular weight excluding hydrogens is 314 g/mol. The van der Waals surface area contributed by atoms with Crippen LogP contribution in [0.5, 0.6) is 0 Å². The fraction of sp³-hybridized carbons (Fsp3) is 0.882. The molecule has 2 amide bonds. The molecule has 132 valence electrons. The number of nitrogens with two attached hydrogens (primary N) is 1. The zero-order chi connectivity index (χ0) is 15.5. The van der Waals surface area contributed by atoms with E-state index in [0.717, 1.165) is 38.6 Å². The van der Waals surface area contributed by atoms with Gasteiger partial charge in [0.15, 0.2) is 0 Å². The third kappa shape index (κ3) is 4.60. The maximum atomic E-state index is 12.4. The van der Waals surface area contributed by atoms with Gasteiger partial charge in [-0.05, 0) is 50.4 Å². The van der Waals surface area contributed by atoms with E-state index in [0.29, 0.717) is 24.3 Å². The largest absolute Gasteiger partial charge is 0.351 e. The van der Waals surface area contributed by atoms with E-state index in [1.807, 2.05) is 0 Å². The maximum absolute atomic E-state index is 12.4. The fourth-order valence-electron chi connectivity index (χ4n) is 4.64. The van der Waals surface area contributed by atoms with Crippen LogP contribution in [-0.2, 0) is 9.59 Å². The molecule has 23 heavy (non-hydrogen) atoms. The van der Waals surface area contributed by atoms with Gasteiger partial charge in [0, 0.05) is 25.0 Å². The lowest BCUT2D eigenvalue weighted by atomic mass is 9.67. The minimum absolute atomic E-state index is 0. The Bertz CT molecular complexity index is 418. The summed E-state index contributed by atoms with van der Waals surface area (Å²) in [5.41, 5.74) is 6.14. The van der Waals surface area contributed by atoms with Gasteiger partial charge < -0.3 is 16.0 Å². The molecule has 2 aliphatic carbocycles. The summed E-state index contributed by atoms with van der Waals surface area (Å²) in [6.07, 6.45) is 9.35. The fourth-order valence-corrected chi connectivity index (χ4v) is 4.64. The monoisotopic (exact) mass is 343 g/mol. The minimum Gasteiger partial charge on any atom is -0.351 e. The van der Waals surface area contributed by atoms with Crippen LogP contribution in [0.2, 0.25) is 0 Å². The van der Waals surface area contributed by atoms with Crippen LogP contribution in [0.4, 0.5) is 0 Å². The topological polar surface area (TPSA) is 75.4 Å². The van der Waals surface area contributed by atoms with Gasteiger partial charge in [-0.25, -0.2) is 0 Å². The minimum atomic E-state index is 0. The van der Waals surface area contributed by atoms with E-state index < -0.39 is 0 Å². The van der Waals surface area contributed by atoms with E-state index in [-0.39, 0.29) is 36.8 Å². The second-order valence-electron chi connectivity index (χ2n) is 7.40. The molecule has 2 unspecified atom stereocenters. The first-order valence-electron chi connectivity index (χ1n) is 8.96. The van der Waals surface area contributed by atoms with Crippen molar-refractivity contribution >= 4 is 24.2 Å².